The fourth-order valence-corrected chi connectivity index (χ4v) is 2.07. The molecule has 0 spiro atoms. The molecule has 0 aromatic heterocycles. The number of carbonyl (C=O) groups is 2. The molecule has 1 atom stereocenters. The van der Waals surface area contributed by atoms with E-state index in [0.717, 1.165) is 19.3 Å². The number of rotatable bonds is 13. The van der Waals surface area contributed by atoms with Crippen LogP contribution in [0.3, 0.4) is 0 Å². The predicted octanol–water partition coefficient (Wildman–Crippen LogP) is -4.41. The van der Waals surface area contributed by atoms with Crippen molar-refractivity contribution in [3.63, 3.8) is 0 Å². The summed E-state index contributed by atoms with van der Waals surface area (Å²) in [6, 6.07) is 0. The summed E-state index contributed by atoms with van der Waals surface area (Å²) in [7, 11) is 0. The monoisotopic (exact) mass is 296 g/mol. The van der Waals surface area contributed by atoms with E-state index in [9.17, 15) is 19.8 Å². The van der Waals surface area contributed by atoms with Crippen LogP contribution in [0.25, 0.3) is 0 Å². The first-order valence-electron chi connectivity index (χ1n) is 7.65. The van der Waals surface area contributed by atoms with Crippen LogP contribution < -0.4 is 47.9 Å². The Kier molecular flexibility index (Phi) is 23.0. The van der Waals surface area contributed by atoms with Crippen LogP contribution in [0.2, 0.25) is 0 Å². The van der Waals surface area contributed by atoms with Crippen molar-refractivity contribution in [2.24, 2.45) is 5.92 Å². The maximum Gasteiger partial charge on any atom is 1.00 e. The summed E-state index contributed by atoms with van der Waals surface area (Å²) in [6.45, 7) is 2.20. The van der Waals surface area contributed by atoms with Gasteiger partial charge in [-0.25, -0.2) is 0 Å². The van der Waals surface area contributed by atoms with Gasteiger partial charge in [0.1, 0.15) is 0 Å². The van der Waals surface area contributed by atoms with Gasteiger partial charge in [0.05, 0.1) is 0 Å². The molecule has 4 nitrogen and oxygen atoms in total. The van der Waals surface area contributed by atoms with Crippen LogP contribution in [-0.4, -0.2) is 11.9 Å². The zero-order valence-corrected chi connectivity index (χ0v) is 14.4. The Morgan fingerprint density at radius 3 is 1.86 bits per heavy atom. The smallest absolute Gasteiger partial charge is 0.550 e. The van der Waals surface area contributed by atoms with E-state index in [1.807, 2.05) is 0 Å². The zero-order chi connectivity index (χ0) is 15.2. The second-order valence-corrected chi connectivity index (χ2v) is 5.19. The molecule has 116 valence electrons. The van der Waals surface area contributed by atoms with Crippen molar-refractivity contribution in [3.8, 4) is 0 Å². The summed E-state index contributed by atoms with van der Waals surface area (Å²) in [4.78, 5) is 21.0. The van der Waals surface area contributed by atoms with Crippen LogP contribution in [0, 0.1) is 5.92 Å². The molecule has 1 unspecified atom stereocenters. The topological polar surface area (TPSA) is 80.3 Å². The van der Waals surface area contributed by atoms with Crippen molar-refractivity contribution in [2.75, 3.05) is 0 Å². The van der Waals surface area contributed by atoms with Crippen LogP contribution >= 0.6 is 0 Å². The van der Waals surface area contributed by atoms with Gasteiger partial charge in [-0.15, -0.1) is 0 Å². The number of hydrogen-bond acceptors (Lipinski definition) is 4. The minimum absolute atomic E-state index is 0. The number of carbonyl (C=O) groups excluding carboxylic acids is 2. The third kappa shape index (κ3) is 17.9. The Morgan fingerprint density at radius 2 is 1.41 bits per heavy atom. The van der Waals surface area contributed by atoms with E-state index in [-0.39, 0.29) is 37.7 Å². The number of allylic oxidation sites excluding steroid dienone is 1. The molecule has 0 heterocycles. The van der Waals surface area contributed by atoms with Crippen molar-refractivity contribution in [2.45, 2.75) is 71.1 Å². The van der Waals surface area contributed by atoms with Crippen LogP contribution in [0.1, 0.15) is 71.1 Å². The Balaban J connectivity index is -0.00000180. The molecule has 0 aromatic rings. The minimum Gasteiger partial charge on any atom is -0.550 e. The number of carboxylic acid groups (broad SMARTS) is 2. The van der Waals surface area contributed by atoms with E-state index in [1.165, 1.54) is 44.6 Å². The summed E-state index contributed by atoms with van der Waals surface area (Å²) in [5.74, 6) is -3.80. The molecule has 0 saturated carbocycles. The Hall–Kier alpha value is -0.125. The normalized spacial score (nSPS) is 11.5. The first kappa shape index (κ1) is 26.8. The molecule has 0 aliphatic carbocycles. The number of unbranched alkanes of at least 4 members (excludes halogenated alkanes) is 8. The first-order chi connectivity index (χ1) is 9.57. The Labute approximate surface area is 158 Å². The number of carboxylic acids is 2. The molecule has 0 rings (SSSR count). The molecule has 0 N–H and O–H groups in total. The van der Waals surface area contributed by atoms with E-state index in [2.05, 4.69) is 6.92 Å². The third-order valence-electron chi connectivity index (χ3n) is 3.28. The summed E-state index contributed by atoms with van der Waals surface area (Å²) in [5.41, 5.74) is 0. The van der Waals surface area contributed by atoms with Gasteiger partial charge in [0, 0.05) is 17.9 Å². The summed E-state index contributed by atoms with van der Waals surface area (Å²) in [6.07, 6.45) is 13.2. The SMILES string of the molecule is CCCCCCCCCCC=CC(CC(=O)[O-])C(=O)[O-].[Li+].[Li+]. The molecule has 0 fully saturated rings. The van der Waals surface area contributed by atoms with E-state index in [1.54, 1.807) is 6.08 Å². The zero-order valence-electron chi connectivity index (χ0n) is 14.4. The summed E-state index contributed by atoms with van der Waals surface area (Å²) >= 11 is 0. The molecule has 0 aliphatic heterocycles. The molecule has 0 bridgehead atoms. The second-order valence-electron chi connectivity index (χ2n) is 5.19. The van der Waals surface area contributed by atoms with Crippen LogP contribution in [-0.2, 0) is 9.59 Å². The van der Waals surface area contributed by atoms with Gasteiger partial charge in [0.25, 0.3) is 0 Å². The van der Waals surface area contributed by atoms with E-state index >= 15 is 0 Å². The fourth-order valence-electron chi connectivity index (χ4n) is 2.07. The van der Waals surface area contributed by atoms with Crippen molar-refractivity contribution in [1.29, 1.82) is 0 Å². The molecule has 0 radical (unpaired) electrons. The predicted molar refractivity (Wildman–Crippen MR) is 74.5 cm³/mol. The van der Waals surface area contributed by atoms with Crippen molar-refractivity contribution < 1.29 is 57.5 Å². The molecule has 6 heteroatoms. The molecule has 0 amide bonds. The quantitative estimate of drug-likeness (QED) is 0.195. The van der Waals surface area contributed by atoms with Crippen molar-refractivity contribution in [1.82, 2.24) is 0 Å². The molecule has 0 aromatic carbocycles. The van der Waals surface area contributed by atoms with Gasteiger partial charge in [0.15, 0.2) is 0 Å². The van der Waals surface area contributed by atoms with Crippen molar-refractivity contribution >= 4 is 11.9 Å². The van der Waals surface area contributed by atoms with Crippen LogP contribution in [0.5, 0.6) is 0 Å². The standard InChI is InChI=1S/C16H28O4.2Li/c1-2-3-4-5-6-7-8-9-10-11-12-14(16(19)20)13-15(17)18;;/h11-12,14H,2-10,13H2,1H3,(H,17,18)(H,19,20);;/q;2*+1/p-2. The van der Waals surface area contributed by atoms with E-state index < -0.39 is 24.3 Å². The van der Waals surface area contributed by atoms with Gasteiger partial charge in [-0.05, 0) is 19.3 Å². The van der Waals surface area contributed by atoms with Crippen LogP contribution in [0.4, 0.5) is 0 Å². The number of aliphatic carboxylic acids is 2. The Morgan fingerprint density at radius 1 is 0.909 bits per heavy atom. The molecular weight excluding hydrogens is 270 g/mol. The maximum absolute atomic E-state index is 10.7. The second kappa shape index (κ2) is 18.9. The molecule has 22 heavy (non-hydrogen) atoms. The average molecular weight is 296 g/mol. The average Bonchev–Trinajstić information content (AvgIpc) is 2.39. The van der Waals surface area contributed by atoms with Crippen molar-refractivity contribution in [3.05, 3.63) is 12.2 Å². The maximum atomic E-state index is 10.7. The van der Waals surface area contributed by atoms with E-state index in [0.29, 0.717) is 0 Å². The molecule has 0 saturated heterocycles. The van der Waals surface area contributed by atoms with Gasteiger partial charge in [-0.1, -0.05) is 64.0 Å². The largest absolute Gasteiger partial charge is 1.00 e. The van der Waals surface area contributed by atoms with Gasteiger partial charge in [0.2, 0.25) is 0 Å². The van der Waals surface area contributed by atoms with Crippen LogP contribution in [0.15, 0.2) is 12.2 Å². The molecule has 0 aliphatic rings. The van der Waals surface area contributed by atoms with Gasteiger partial charge >= 0.3 is 37.7 Å². The third-order valence-corrected chi connectivity index (χ3v) is 3.28. The van der Waals surface area contributed by atoms with Gasteiger partial charge in [-0.3, -0.25) is 0 Å². The Bertz CT molecular complexity index is 307. The van der Waals surface area contributed by atoms with Gasteiger partial charge < -0.3 is 19.8 Å². The molecular formula is C16H26Li2O4. The number of hydrogen-bond donors (Lipinski definition) is 0. The minimum atomic E-state index is -1.36. The van der Waals surface area contributed by atoms with Gasteiger partial charge in [-0.2, -0.15) is 0 Å². The fraction of sp³-hybridized carbons (Fsp3) is 0.750. The summed E-state index contributed by atoms with van der Waals surface area (Å²) in [5, 5.41) is 21.0. The summed E-state index contributed by atoms with van der Waals surface area (Å²) < 4.78 is 0. The van der Waals surface area contributed by atoms with E-state index in [4.69, 9.17) is 0 Å². The first-order valence-corrected chi connectivity index (χ1v) is 7.65.